The second-order valence-corrected chi connectivity index (χ2v) is 8.40. The van der Waals surface area contributed by atoms with Gasteiger partial charge in [-0.25, -0.2) is 4.79 Å². The Hall–Kier alpha value is -3.21. The van der Waals surface area contributed by atoms with Gasteiger partial charge in [-0.1, -0.05) is 0 Å². The molecule has 1 amide bonds. The van der Waals surface area contributed by atoms with Gasteiger partial charge >= 0.3 is 5.97 Å². The summed E-state index contributed by atoms with van der Waals surface area (Å²) in [5.74, 6) is 0.358. The molecule has 162 valence electrons. The van der Waals surface area contributed by atoms with Crippen LogP contribution in [0.25, 0.3) is 5.82 Å². The van der Waals surface area contributed by atoms with E-state index < -0.39 is 0 Å². The van der Waals surface area contributed by atoms with Crippen LogP contribution in [0, 0.1) is 5.41 Å². The van der Waals surface area contributed by atoms with E-state index in [9.17, 15) is 9.59 Å². The summed E-state index contributed by atoms with van der Waals surface area (Å²) in [4.78, 5) is 28.0. The Morgan fingerprint density at radius 3 is 2.68 bits per heavy atom. The number of nitrogens with zero attached hydrogens (tertiary/aromatic N) is 7. The van der Waals surface area contributed by atoms with E-state index in [0.29, 0.717) is 30.5 Å². The molecular formula is C20H24N8O3. The molecule has 31 heavy (non-hydrogen) atoms. The first-order valence-corrected chi connectivity index (χ1v) is 10.5. The maximum absolute atomic E-state index is 13.2. The Labute approximate surface area is 178 Å². The molecule has 0 bridgehead atoms. The van der Waals surface area contributed by atoms with E-state index in [1.54, 1.807) is 11.8 Å². The Morgan fingerprint density at radius 1 is 1.19 bits per heavy atom. The molecule has 1 N–H and O–H groups in total. The quantitative estimate of drug-likeness (QED) is 0.684. The summed E-state index contributed by atoms with van der Waals surface area (Å²) >= 11 is 0. The molecule has 2 aliphatic heterocycles. The van der Waals surface area contributed by atoms with E-state index in [2.05, 4.69) is 30.9 Å². The van der Waals surface area contributed by atoms with Gasteiger partial charge in [0.1, 0.15) is 6.61 Å². The summed E-state index contributed by atoms with van der Waals surface area (Å²) in [6.45, 7) is 3.23. The van der Waals surface area contributed by atoms with Crippen molar-refractivity contribution in [1.29, 1.82) is 0 Å². The van der Waals surface area contributed by atoms with Gasteiger partial charge in [0.05, 0.1) is 22.4 Å². The van der Waals surface area contributed by atoms with E-state index in [0.717, 1.165) is 43.5 Å². The van der Waals surface area contributed by atoms with Crippen LogP contribution in [0.2, 0.25) is 0 Å². The van der Waals surface area contributed by atoms with Crippen molar-refractivity contribution in [2.24, 2.45) is 5.41 Å². The lowest BCUT2D eigenvalue weighted by Crippen LogP contribution is -2.42. The van der Waals surface area contributed by atoms with Crippen LogP contribution in [0.15, 0.2) is 29.7 Å². The number of hydrogen-bond acceptors (Lipinski definition) is 9. The van der Waals surface area contributed by atoms with Crippen LogP contribution in [0.5, 0.6) is 0 Å². The molecule has 2 aromatic heterocycles. The van der Waals surface area contributed by atoms with Crippen molar-refractivity contribution in [3.05, 3.63) is 35.4 Å². The Balaban J connectivity index is 1.15. The van der Waals surface area contributed by atoms with E-state index >= 15 is 0 Å². The van der Waals surface area contributed by atoms with E-state index in [1.807, 2.05) is 12.1 Å². The van der Waals surface area contributed by atoms with Gasteiger partial charge in [-0.3, -0.25) is 4.79 Å². The number of cyclic esters (lactones) is 1. The highest BCUT2D eigenvalue weighted by Crippen LogP contribution is 2.46. The maximum Gasteiger partial charge on any atom is 0.336 e. The zero-order chi connectivity index (χ0) is 21.4. The third kappa shape index (κ3) is 3.58. The number of tetrazole rings is 1. The molecule has 0 radical (unpaired) electrons. The number of likely N-dealkylation sites (tertiary alicyclic amines) is 1. The molecule has 2 aromatic rings. The standard InChI is InChI=1S/C20H24N8O3/c1-13-16(11-31-18(13)29)27-9-8-20(19(27)30)6-4-14(5-7-20)21-10-15-2-3-17(25-24-15)28-23-12-22-26-28/h2-3,12,14,21H,4-11H2,1H3/t14-,20+. The van der Waals surface area contributed by atoms with Crippen molar-refractivity contribution >= 4 is 11.9 Å². The van der Waals surface area contributed by atoms with Gasteiger partial charge in [0.2, 0.25) is 5.91 Å². The molecule has 11 nitrogen and oxygen atoms in total. The fraction of sp³-hybridized carbons (Fsp3) is 0.550. The Morgan fingerprint density at radius 2 is 2.03 bits per heavy atom. The first kappa shape index (κ1) is 19.7. The van der Waals surface area contributed by atoms with Crippen molar-refractivity contribution in [1.82, 2.24) is 40.6 Å². The third-order valence-corrected chi connectivity index (χ3v) is 6.69. The number of ether oxygens (including phenoxy) is 1. The molecule has 3 aliphatic rings. The molecule has 0 aromatic carbocycles. The first-order chi connectivity index (χ1) is 15.1. The summed E-state index contributed by atoms with van der Waals surface area (Å²) in [5, 5.41) is 23.3. The number of esters is 1. The van der Waals surface area contributed by atoms with E-state index in [-0.39, 0.29) is 23.9 Å². The average Bonchev–Trinajstić information content (AvgIpc) is 3.51. The van der Waals surface area contributed by atoms with Crippen LogP contribution in [0.3, 0.4) is 0 Å². The van der Waals surface area contributed by atoms with Gasteiger partial charge in [0, 0.05) is 19.1 Å². The number of carbonyl (C=O) groups excluding carboxylic acids is 2. The largest absolute Gasteiger partial charge is 0.456 e. The average molecular weight is 424 g/mol. The minimum absolute atomic E-state index is 0.154. The van der Waals surface area contributed by atoms with Gasteiger partial charge in [-0.05, 0) is 56.4 Å². The zero-order valence-electron chi connectivity index (χ0n) is 17.3. The highest BCUT2D eigenvalue weighted by Gasteiger charge is 2.50. The van der Waals surface area contributed by atoms with Gasteiger partial charge in [0.15, 0.2) is 12.1 Å². The van der Waals surface area contributed by atoms with Crippen LogP contribution in [0.1, 0.15) is 44.7 Å². The van der Waals surface area contributed by atoms with Crippen molar-refractivity contribution < 1.29 is 14.3 Å². The molecule has 5 rings (SSSR count). The van der Waals surface area contributed by atoms with Crippen LogP contribution in [-0.2, 0) is 20.9 Å². The summed E-state index contributed by atoms with van der Waals surface area (Å²) in [5.41, 5.74) is 1.84. The fourth-order valence-electron chi connectivity index (χ4n) is 4.74. The van der Waals surface area contributed by atoms with Crippen molar-refractivity contribution in [2.45, 2.75) is 51.6 Å². The van der Waals surface area contributed by atoms with Crippen LogP contribution < -0.4 is 5.32 Å². The maximum atomic E-state index is 13.2. The van der Waals surface area contributed by atoms with Gasteiger partial charge < -0.3 is 15.0 Å². The minimum Gasteiger partial charge on any atom is -0.456 e. The number of amides is 1. The van der Waals surface area contributed by atoms with Crippen molar-refractivity contribution in [2.75, 3.05) is 13.2 Å². The summed E-state index contributed by atoms with van der Waals surface area (Å²) in [6.07, 6.45) is 5.75. The van der Waals surface area contributed by atoms with Gasteiger partial charge in [-0.15, -0.1) is 20.1 Å². The SMILES string of the molecule is CC1=C(N2CC[C@]3(CC[C@H](NCc4ccc(-n5ncnn5)nn4)CC3)C2=O)COC1=O. The second kappa shape index (κ2) is 7.80. The van der Waals surface area contributed by atoms with Crippen LogP contribution >= 0.6 is 0 Å². The smallest absolute Gasteiger partial charge is 0.336 e. The van der Waals surface area contributed by atoms with E-state index in [1.165, 1.54) is 11.1 Å². The van der Waals surface area contributed by atoms with Gasteiger partial charge in [0.25, 0.3) is 0 Å². The number of carbonyl (C=O) groups is 2. The lowest BCUT2D eigenvalue weighted by Gasteiger charge is -2.36. The molecule has 11 heteroatoms. The second-order valence-electron chi connectivity index (χ2n) is 8.40. The van der Waals surface area contributed by atoms with E-state index in [4.69, 9.17) is 4.74 Å². The predicted octanol–water partition coefficient (Wildman–Crippen LogP) is 0.534. The molecule has 2 fully saturated rings. The van der Waals surface area contributed by atoms with Gasteiger partial charge in [-0.2, -0.15) is 5.10 Å². The van der Waals surface area contributed by atoms with Crippen molar-refractivity contribution in [3.8, 4) is 5.82 Å². The highest BCUT2D eigenvalue weighted by molar-refractivity contribution is 5.94. The minimum atomic E-state index is -0.314. The molecule has 0 unspecified atom stereocenters. The number of hydrogen-bond donors (Lipinski definition) is 1. The van der Waals surface area contributed by atoms with Crippen molar-refractivity contribution in [3.63, 3.8) is 0 Å². The number of nitrogens with one attached hydrogen (secondary N) is 1. The van der Waals surface area contributed by atoms with Crippen LogP contribution in [-0.4, -0.2) is 66.4 Å². The molecule has 1 aliphatic carbocycles. The topological polar surface area (TPSA) is 128 Å². The summed E-state index contributed by atoms with van der Waals surface area (Å²) < 4.78 is 5.09. The third-order valence-electron chi connectivity index (χ3n) is 6.69. The predicted molar refractivity (Wildman–Crippen MR) is 106 cm³/mol. The Kier molecular flexibility index (Phi) is 4.97. The highest BCUT2D eigenvalue weighted by atomic mass is 16.5. The Bertz CT molecular complexity index is 1010. The lowest BCUT2D eigenvalue weighted by molar-refractivity contribution is -0.138. The number of aromatic nitrogens is 6. The first-order valence-electron chi connectivity index (χ1n) is 10.5. The molecule has 0 atom stereocenters. The molecule has 4 heterocycles. The molecule has 1 saturated carbocycles. The van der Waals surface area contributed by atoms with Crippen LogP contribution in [0.4, 0.5) is 0 Å². The summed E-state index contributed by atoms with van der Waals surface area (Å²) in [7, 11) is 0. The monoisotopic (exact) mass is 424 g/mol. The molecular weight excluding hydrogens is 400 g/mol. The zero-order valence-corrected chi connectivity index (χ0v) is 17.3. The normalized spacial score (nSPS) is 26.2. The number of rotatable bonds is 5. The molecule has 1 spiro atoms. The summed E-state index contributed by atoms with van der Waals surface area (Å²) in [6, 6.07) is 4.03. The molecule has 1 saturated heterocycles. The lowest BCUT2D eigenvalue weighted by atomic mass is 9.71. The fourth-order valence-corrected chi connectivity index (χ4v) is 4.74.